The van der Waals surface area contributed by atoms with E-state index in [0.717, 1.165) is 41.9 Å². The highest BCUT2D eigenvalue weighted by molar-refractivity contribution is 7.77. The SMILES string of the molecule is C/C=C(\C(=O)OCc1ccccc1)C(NP(=O)(c1ccccc1)c1ccccc1)C1CCCCC1. The van der Waals surface area contributed by atoms with Crippen molar-refractivity contribution in [3.63, 3.8) is 0 Å². The molecule has 0 spiro atoms. The molecule has 4 nitrogen and oxygen atoms in total. The molecule has 0 radical (unpaired) electrons. The molecule has 5 heteroatoms. The van der Waals surface area contributed by atoms with Crippen LogP contribution in [-0.4, -0.2) is 12.0 Å². The maximum absolute atomic E-state index is 14.8. The van der Waals surface area contributed by atoms with Crippen LogP contribution in [0.3, 0.4) is 0 Å². The average Bonchev–Trinajstić information content (AvgIpc) is 2.93. The normalized spacial score (nSPS) is 16.0. The van der Waals surface area contributed by atoms with Crippen molar-refractivity contribution in [1.82, 2.24) is 5.09 Å². The van der Waals surface area contributed by atoms with E-state index in [9.17, 15) is 9.36 Å². The second kappa shape index (κ2) is 12.2. The first-order valence-corrected chi connectivity index (χ1v) is 14.2. The lowest BCUT2D eigenvalue weighted by atomic mass is 9.81. The van der Waals surface area contributed by atoms with Gasteiger partial charge in [-0.1, -0.05) is 92.1 Å². The first kappa shape index (κ1) is 25.2. The van der Waals surface area contributed by atoms with Crippen molar-refractivity contribution < 1.29 is 14.1 Å². The van der Waals surface area contributed by atoms with Crippen molar-refractivity contribution in [2.75, 3.05) is 0 Å². The maximum atomic E-state index is 14.8. The summed E-state index contributed by atoms with van der Waals surface area (Å²) in [5, 5.41) is 5.02. The van der Waals surface area contributed by atoms with Gasteiger partial charge in [0.15, 0.2) is 0 Å². The zero-order chi connectivity index (χ0) is 24.5. The molecule has 3 aromatic rings. The number of benzene rings is 3. The summed E-state index contributed by atoms with van der Waals surface area (Å²) >= 11 is 0. The number of rotatable bonds is 9. The third kappa shape index (κ3) is 6.20. The molecule has 4 rings (SSSR count). The van der Waals surface area contributed by atoms with Gasteiger partial charge in [-0.2, -0.15) is 0 Å². The summed E-state index contributed by atoms with van der Waals surface area (Å²) in [4.78, 5) is 13.4. The quantitative estimate of drug-likeness (QED) is 0.224. The number of carbonyl (C=O) groups excluding carboxylic acids is 1. The standard InChI is InChI=1S/C30H34NO3P/c1-2-28(30(32)34-23-24-15-7-3-8-16-24)29(25-17-9-4-10-18-25)31-35(33,26-19-11-5-12-20-26)27-21-13-6-14-22-27/h2-3,5-8,11-16,19-22,25,29H,4,9-10,17-18,23H2,1H3,(H,31,33)/b28-2-. The van der Waals surface area contributed by atoms with Crippen molar-refractivity contribution in [3.05, 3.63) is 108 Å². The second-order valence-electron chi connectivity index (χ2n) is 9.09. The molecule has 182 valence electrons. The van der Waals surface area contributed by atoms with Crippen molar-refractivity contribution in [2.45, 2.75) is 51.7 Å². The first-order chi connectivity index (χ1) is 17.1. The minimum absolute atomic E-state index is 0.208. The van der Waals surface area contributed by atoms with Crippen molar-refractivity contribution in [3.8, 4) is 0 Å². The van der Waals surface area contributed by atoms with E-state index in [2.05, 4.69) is 5.09 Å². The van der Waals surface area contributed by atoms with Crippen LogP contribution in [0, 0.1) is 5.92 Å². The third-order valence-electron chi connectivity index (χ3n) is 6.78. The predicted molar refractivity (Wildman–Crippen MR) is 143 cm³/mol. The summed E-state index contributed by atoms with van der Waals surface area (Å²) in [6.07, 6.45) is 7.23. The average molecular weight is 488 g/mol. The summed E-state index contributed by atoms with van der Waals surface area (Å²) in [6.45, 7) is 2.08. The Morgan fingerprint density at radius 1 is 0.886 bits per heavy atom. The van der Waals surface area contributed by atoms with E-state index in [-0.39, 0.29) is 24.5 Å². The number of nitrogens with one attached hydrogen (secondary N) is 1. The second-order valence-corrected chi connectivity index (χ2v) is 11.6. The molecule has 1 unspecified atom stereocenters. The van der Waals surface area contributed by atoms with E-state index >= 15 is 0 Å². The number of allylic oxidation sites excluding steroid dienone is 1. The Morgan fingerprint density at radius 2 is 1.40 bits per heavy atom. The van der Waals surface area contributed by atoms with E-state index in [4.69, 9.17) is 4.74 Å². The first-order valence-electron chi connectivity index (χ1n) is 12.5. The van der Waals surface area contributed by atoms with Crippen LogP contribution in [0.2, 0.25) is 0 Å². The van der Waals surface area contributed by atoms with Crippen LogP contribution in [0.1, 0.15) is 44.6 Å². The molecule has 35 heavy (non-hydrogen) atoms. The van der Waals surface area contributed by atoms with E-state index in [1.165, 1.54) is 6.42 Å². The van der Waals surface area contributed by atoms with Crippen LogP contribution in [0.15, 0.2) is 103 Å². The molecule has 0 bridgehead atoms. The largest absolute Gasteiger partial charge is 0.457 e. The van der Waals surface area contributed by atoms with Gasteiger partial charge in [0.05, 0.1) is 5.57 Å². The molecule has 1 fully saturated rings. The topological polar surface area (TPSA) is 55.4 Å². The van der Waals surface area contributed by atoms with Gasteiger partial charge in [0.1, 0.15) is 6.61 Å². The highest BCUT2D eigenvalue weighted by atomic mass is 31.2. The van der Waals surface area contributed by atoms with Gasteiger partial charge in [0.25, 0.3) is 0 Å². The zero-order valence-electron chi connectivity index (χ0n) is 20.3. The molecule has 0 amide bonds. The minimum Gasteiger partial charge on any atom is -0.457 e. The van der Waals surface area contributed by atoms with Crippen molar-refractivity contribution >= 4 is 23.9 Å². The van der Waals surface area contributed by atoms with E-state index in [0.29, 0.717) is 5.57 Å². The highest BCUT2D eigenvalue weighted by Crippen LogP contribution is 2.43. The van der Waals surface area contributed by atoms with Crippen LogP contribution in [0.25, 0.3) is 0 Å². The summed E-state index contributed by atoms with van der Waals surface area (Å²) in [5.41, 5.74) is 1.50. The fourth-order valence-corrected chi connectivity index (χ4v) is 7.42. The summed E-state index contributed by atoms with van der Waals surface area (Å²) in [6, 6.07) is 28.4. The van der Waals surface area contributed by atoms with Gasteiger partial charge in [0.2, 0.25) is 7.29 Å². The summed E-state index contributed by atoms with van der Waals surface area (Å²) in [5.74, 6) is -0.146. The van der Waals surface area contributed by atoms with Gasteiger partial charge in [-0.3, -0.25) is 9.65 Å². The van der Waals surface area contributed by atoms with Gasteiger partial charge >= 0.3 is 5.97 Å². The molecule has 0 aliphatic heterocycles. The Bertz CT molecular complexity index is 1110. The van der Waals surface area contributed by atoms with Crippen molar-refractivity contribution in [2.24, 2.45) is 5.92 Å². The molecule has 1 saturated carbocycles. The van der Waals surface area contributed by atoms with Crippen LogP contribution >= 0.6 is 7.29 Å². The van der Waals surface area contributed by atoms with Gasteiger partial charge in [-0.05, 0) is 55.5 Å². The Hall–Kier alpha value is -2.94. The van der Waals surface area contributed by atoms with Gasteiger partial charge in [0, 0.05) is 16.7 Å². The molecular weight excluding hydrogens is 453 g/mol. The van der Waals surface area contributed by atoms with E-state index < -0.39 is 7.29 Å². The molecule has 1 aliphatic rings. The summed E-state index contributed by atoms with van der Waals surface area (Å²) < 4.78 is 20.5. The lowest BCUT2D eigenvalue weighted by Gasteiger charge is -2.35. The molecule has 0 aromatic heterocycles. The van der Waals surface area contributed by atoms with Gasteiger partial charge in [-0.15, -0.1) is 0 Å². The Morgan fingerprint density at radius 3 is 1.91 bits per heavy atom. The maximum Gasteiger partial charge on any atom is 0.335 e. The Labute approximate surface area is 208 Å². The molecular formula is C30H34NO3P. The molecule has 1 N–H and O–H groups in total. The van der Waals surface area contributed by atoms with E-state index in [1.54, 1.807) is 0 Å². The highest BCUT2D eigenvalue weighted by Gasteiger charge is 2.37. The smallest absolute Gasteiger partial charge is 0.335 e. The fourth-order valence-electron chi connectivity index (χ4n) is 4.90. The number of carbonyl (C=O) groups is 1. The number of ether oxygens (including phenoxy) is 1. The molecule has 1 atom stereocenters. The van der Waals surface area contributed by atoms with Crippen LogP contribution in [-0.2, 0) is 20.7 Å². The number of hydrogen-bond donors (Lipinski definition) is 1. The predicted octanol–water partition coefficient (Wildman–Crippen LogP) is 6.14. The molecule has 0 heterocycles. The Balaban J connectivity index is 1.68. The summed E-state index contributed by atoms with van der Waals surface area (Å²) in [7, 11) is -3.23. The third-order valence-corrected chi connectivity index (χ3v) is 9.47. The van der Waals surface area contributed by atoms with Crippen LogP contribution in [0.5, 0.6) is 0 Å². The van der Waals surface area contributed by atoms with Gasteiger partial charge < -0.3 is 4.74 Å². The number of hydrogen-bond acceptors (Lipinski definition) is 3. The molecule has 0 saturated heterocycles. The van der Waals surface area contributed by atoms with Crippen LogP contribution in [0.4, 0.5) is 0 Å². The van der Waals surface area contributed by atoms with E-state index in [1.807, 2.05) is 104 Å². The molecule has 1 aliphatic carbocycles. The molecule has 3 aromatic carbocycles. The zero-order valence-corrected chi connectivity index (χ0v) is 21.2. The monoisotopic (exact) mass is 487 g/mol. The number of esters is 1. The minimum atomic E-state index is -3.23. The lowest BCUT2D eigenvalue weighted by molar-refractivity contribution is -0.140. The fraction of sp³-hybridized carbons (Fsp3) is 0.300. The van der Waals surface area contributed by atoms with Crippen molar-refractivity contribution in [1.29, 1.82) is 0 Å². The lowest BCUT2D eigenvalue weighted by Crippen LogP contribution is -2.43. The Kier molecular flexibility index (Phi) is 8.74. The van der Waals surface area contributed by atoms with Crippen LogP contribution < -0.4 is 15.7 Å². The van der Waals surface area contributed by atoms with Gasteiger partial charge in [-0.25, -0.2) is 4.79 Å².